The predicted molar refractivity (Wildman–Crippen MR) is 55.7 cm³/mol. The van der Waals surface area contributed by atoms with Crippen molar-refractivity contribution in [2.75, 3.05) is 6.61 Å². The van der Waals surface area contributed by atoms with Crippen molar-refractivity contribution in [2.45, 2.75) is 13.0 Å². The third-order valence-electron chi connectivity index (χ3n) is 1.87. The first-order valence-corrected chi connectivity index (χ1v) is 5.26. The van der Waals surface area contributed by atoms with Gasteiger partial charge in [-0.2, -0.15) is 0 Å². The number of carbonyl (C=O) groups is 1. The largest absolute Gasteiger partial charge is 0.464 e. The van der Waals surface area contributed by atoms with Crippen LogP contribution in [0.25, 0.3) is 0 Å². The van der Waals surface area contributed by atoms with Crippen LogP contribution in [0.2, 0.25) is 0 Å². The van der Waals surface area contributed by atoms with Crippen LogP contribution in [0.1, 0.15) is 18.6 Å². The lowest BCUT2D eigenvalue weighted by atomic mass is 10.1. The fourth-order valence-corrected chi connectivity index (χ4v) is 1.41. The first kappa shape index (κ1) is 13.1. The maximum absolute atomic E-state index is 13.3. The Morgan fingerprint density at radius 1 is 1.50 bits per heavy atom. The van der Waals surface area contributed by atoms with Gasteiger partial charge in [0.15, 0.2) is 17.7 Å². The minimum absolute atomic E-state index is 0.0521. The Morgan fingerprint density at radius 2 is 2.12 bits per heavy atom. The Bertz CT molecular complexity index is 409. The Morgan fingerprint density at radius 3 is 2.69 bits per heavy atom. The van der Waals surface area contributed by atoms with E-state index in [2.05, 4.69) is 20.7 Å². The van der Waals surface area contributed by atoms with Crippen molar-refractivity contribution in [3.8, 4) is 0 Å². The van der Waals surface area contributed by atoms with Crippen molar-refractivity contribution in [1.82, 2.24) is 0 Å². The molecule has 3 nitrogen and oxygen atoms in total. The van der Waals surface area contributed by atoms with E-state index in [1.165, 1.54) is 6.07 Å². The molecule has 0 radical (unpaired) electrons. The molecule has 0 aliphatic rings. The van der Waals surface area contributed by atoms with Gasteiger partial charge in [-0.25, -0.2) is 13.6 Å². The Kier molecular flexibility index (Phi) is 4.37. The van der Waals surface area contributed by atoms with Crippen molar-refractivity contribution < 1.29 is 23.4 Å². The van der Waals surface area contributed by atoms with Gasteiger partial charge in [0.05, 0.1) is 11.1 Å². The zero-order chi connectivity index (χ0) is 12.3. The fourth-order valence-electron chi connectivity index (χ4n) is 1.10. The number of hydrogen-bond acceptors (Lipinski definition) is 3. The van der Waals surface area contributed by atoms with Crippen LogP contribution in [0.5, 0.6) is 0 Å². The Labute approximate surface area is 99.2 Å². The summed E-state index contributed by atoms with van der Waals surface area (Å²) < 4.78 is 30.9. The van der Waals surface area contributed by atoms with Gasteiger partial charge in [-0.1, -0.05) is 6.07 Å². The first-order valence-electron chi connectivity index (χ1n) is 4.47. The number of rotatable bonds is 3. The van der Waals surface area contributed by atoms with E-state index in [1.54, 1.807) is 6.92 Å². The zero-order valence-corrected chi connectivity index (χ0v) is 9.92. The van der Waals surface area contributed by atoms with Crippen LogP contribution in [0.3, 0.4) is 0 Å². The molecule has 0 saturated heterocycles. The second-order valence-corrected chi connectivity index (χ2v) is 3.77. The normalized spacial score (nSPS) is 12.3. The second-order valence-electron chi connectivity index (χ2n) is 2.92. The molecule has 0 saturated carbocycles. The number of benzene rings is 1. The molecule has 0 fully saturated rings. The van der Waals surface area contributed by atoms with Gasteiger partial charge in [0.2, 0.25) is 0 Å². The molecule has 0 aromatic heterocycles. The van der Waals surface area contributed by atoms with Gasteiger partial charge >= 0.3 is 5.97 Å². The number of halogens is 3. The van der Waals surface area contributed by atoms with Gasteiger partial charge < -0.3 is 9.84 Å². The van der Waals surface area contributed by atoms with E-state index in [0.717, 1.165) is 6.07 Å². The fraction of sp³-hybridized carbons (Fsp3) is 0.300. The maximum Gasteiger partial charge on any atom is 0.339 e. The molecule has 1 aromatic rings. The van der Waals surface area contributed by atoms with E-state index in [9.17, 15) is 18.7 Å². The molecule has 1 atom stereocenters. The molecule has 0 aliphatic carbocycles. The van der Waals surface area contributed by atoms with Crippen molar-refractivity contribution in [2.24, 2.45) is 0 Å². The van der Waals surface area contributed by atoms with Gasteiger partial charge in [0.1, 0.15) is 0 Å². The van der Waals surface area contributed by atoms with E-state index in [0.29, 0.717) is 0 Å². The number of hydrogen-bond donors (Lipinski definition) is 1. The lowest BCUT2D eigenvalue weighted by molar-refractivity contribution is -0.153. The summed E-state index contributed by atoms with van der Waals surface area (Å²) in [5.74, 6) is -3.43. The molecule has 0 aliphatic heterocycles. The molecule has 1 unspecified atom stereocenters. The monoisotopic (exact) mass is 294 g/mol. The summed E-state index contributed by atoms with van der Waals surface area (Å²) >= 11 is 2.78. The lowest BCUT2D eigenvalue weighted by Crippen LogP contribution is -2.17. The maximum atomic E-state index is 13.3. The molecule has 1 rings (SSSR count). The highest BCUT2D eigenvalue weighted by Crippen LogP contribution is 2.25. The van der Waals surface area contributed by atoms with Gasteiger partial charge in [0, 0.05) is 5.56 Å². The summed E-state index contributed by atoms with van der Waals surface area (Å²) in [6.45, 7) is 1.60. The number of aliphatic hydroxyl groups excluding tert-OH is 1. The minimum atomic E-state index is -1.82. The Balaban J connectivity index is 3.05. The second kappa shape index (κ2) is 5.36. The summed E-state index contributed by atoms with van der Waals surface area (Å²) in [5.41, 5.74) is -0.445. The van der Waals surface area contributed by atoms with Crippen molar-refractivity contribution in [3.63, 3.8) is 0 Å². The van der Waals surface area contributed by atoms with Gasteiger partial charge in [-0.05, 0) is 28.9 Å². The molecule has 6 heteroatoms. The SMILES string of the molecule is CCOC(=O)C(O)c1ccc(Br)c(F)c1F. The van der Waals surface area contributed by atoms with Gasteiger partial charge in [0.25, 0.3) is 0 Å². The highest BCUT2D eigenvalue weighted by molar-refractivity contribution is 9.10. The van der Waals surface area contributed by atoms with Crippen LogP contribution in [0, 0.1) is 11.6 Å². The molecule has 0 heterocycles. The molecule has 16 heavy (non-hydrogen) atoms. The van der Waals surface area contributed by atoms with E-state index >= 15 is 0 Å². The number of esters is 1. The van der Waals surface area contributed by atoms with Crippen molar-refractivity contribution in [1.29, 1.82) is 0 Å². The van der Waals surface area contributed by atoms with E-state index in [1.807, 2.05) is 0 Å². The smallest absolute Gasteiger partial charge is 0.339 e. The third-order valence-corrected chi connectivity index (χ3v) is 2.48. The van der Waals surface area contributed by atoms with Crippen molar-refractivity contribution >= 4 is 21.9 Å². The topological polar surface area (TPSA) is 46.5 Å². The van der Waals surface area contributed by atoms with E-state index < -0.39 is 29.3 Å². The lowest BCUT2D eigenvalue weighted by Gasteiger charge is -2.11. The highest BCUT2D eigenvalue weighted by atomic mass is 79.9. The van der Waals surface area contributed by atoms with Crippen LogP contribution in [-0.2, 0) is 9.53 Å². The number of aliphatic hydroxyl groups is 1. The van der Waals surface area contributed by atoms with E-state index in [-0.39, 0.29) is 11.1 Å². The molecule has 1 N–H and O–H groups in total. The van der Waals surface area contributed by atoms with Crippen LogP contribution in [0.15, 0.2) is 16.6 Å². The Hall–Kier alpha value is -1.01. The molecule has 0 amide bonds. The average Bonchev–Trinajstić information content (AvgIpc) is 2.26. The number of ether oxygens (including phenoxy) is 1. The predicted octanol–water partition coefficient (Wildman–Crippen LogP) is 2.32. The first-order chi connectivity index (χ1) is 7.49. The van der Waals surface area contributed by atoms with Crippen LogP contribution >= 0.6 is 15.9 Å². The minimum Gasteiger partial charge on any atom is -0.464 e. The summed E-state index contributed by atoms with van der Waals surface area (Å²) in [6, 6.07) is 2.32. The molecular formula is C10H9BrF2O3. The van der Waals surface area contributed by atoms with Crippen LogP contribution in [0.4, 0.5) is 8.78 Å². The summed E-state index contributed by atoms with van der Waals surface area (Å²) in [5, 5.41) is 9.42. The highest BCUT2D eigenvalue weighted by Gasteiger charge is 2.24. The molecule has 88 valence electrons. The molecule has 0 bridgehead atoms. The third kappa shape index (κ3) is 2.56. The molecule has 0 spiro atoms. The summed E-state index contributed by atoms with van der Waals surface area (Å²) in [7, 11) is 0. The van der Waals surface area contributed by atoms with Crippen molar-refractivity contribution in [3.05, 3.63) is 33.8 Å². The molecule has 1 aromatic carbocycles. The molecular weight excluding hydrogens is 286 g/mol. The quantitative estimate of drug-likeness (QED) is 0.687. The van der Waals surface area contributed by atoms with Crippen LogP contribution in [-0.4, -0.2) is 17.7 Å². The average molecular weight is 295 g/mol. The van der Waals surface area contributed by atoms with Gasteiger partial charge in [-0.3, -0.25) is 0 Å². The summed E-state index contributed by atoms with van der Waals surface area (Å²) in [6.07, 6.45) is -1.82. The standard InChI is InChI=1S/C10H9BrF2O3/c1-2-16-10(15)9(14)5-3-4-6(11)8(13)7(5)12/h3-4,9,14H,2H2,1H3. The zero-order valence-electron chi connectivity index (χ0n) is 8.34. The van der Waals surface area contributed by atoms with Crippen LogP contribution < -0.4 is 0 Å². The van der Waals surface area contributed by atoms with Gasteiger partial charge in [-0.15, -0.1) is 0 Å². The van der Waals surface area contributed by atoms with E-state index in [4.69, 9.17) is 0 Å². The summed E-state index contributed by atoms with van der Waals surface area (Å²) in [4.78, 5) is 11.1. The number of carbonyl (C=O) groups excluding carboxylic acids is 1.